The Kier molecular flexibility index (Phi) is 6.86. The number of sulfonamides is 1. The summed E-state index contributed by atoms with van der Waals surface area (Å²) in [4.78, 5) is 0.295. The van der Waals surface area contributed by atoms with E-state index in [1.165, 1.54) is 4.31 Å². The van der Waals surface area contributed by atoms with Gasteiger partial charge in [0.05, 0.1) is 4.90 Å². The van der Waals surface area contributed by atoms with Gasteiger partial charge in [-0.3, -0.25) is 0 Å². The van der Waals surface area contributed by atoms with Crippen molar-refractivity contribution in [3.8, 4) is 0 Å². The summed E-state index contributed by atoms with van der Waals surface area (Å²) < 4.78 is 28.1. The molecule has 108 valence electrons. The molecular formula is C12H17Br2NO2S2. The van der Waals surface area contributed by atoms with E-state index in [4.69, 9.17) is 0 Å². The topological polar surface area (TPSA) is 37.4 Å². The quantitative estimate of drug-likeness (QED) is 0.684. The fraction of sp³-hybridized carbons (Fsp3) is 0.500. The van der Waals surface area contributed by atoms with Gasteiger partial charge in [0.15, 0.2) is 0 Å². The number of benzene rings is 1. The van der Waals surface area contributed by atoms with Gasteiger partial charge in [0.25, 0.3) is 0 Å². The van der Waals surface area contributed by atoms with Crippen molar-refractivity contribution in [1.82, 2.24) is 4.31 Å². The highest BCUT2D eigenvalue weighted by molar-refractivity contribution is 9.11. The Morgan fingerprint density at radius 3 is 2.53 bits per heavy atom. The molecule has 7 heteroatoms. The minimum absolute atomic E-state index is 0.00545. The van der Waals surface area contributed by atoms with E-state index in [1.807, 2.05) is 19.2 Å². The van der Waals surface area contributed by atoms with Gasteiger partial charge < -0.3 is 0 Å². The molecule has 0 aromatic heterocycles. The number of hydrogen-bond donors (Lipinski definition) is 0. The average molecular weight is 431 g/mol. The van der Waals surface area contributed by atoms with Crippen molar-refractivity contribution in [2.45, 2.75) is 24.3 Å². The fourth-order valence-corrected chi connectivity index (χ4v) is 5.53. The monoisotopic (exact) mass is 429 g/mol. The predicted octanol–water partition coefficient (Wildman–Crippen LogP) is 3.97. The first kappa shape index (κ1) is 17.5. The van der Waals surface area contributed by atoms with E-state index in [2.05, 4.69) is 31.9 Å². The number of rotatable bonds is 6. The lowest BCUT2D eigenvalue weighted by atomic mass is 10.3. The zero-order valence-corrected chi connectivity index (χ0v) is 15.9. The number of hydrogen-bond acceptors (Lipinski definition) is 3. The van der Waals surface area contributed by atoms with Crippen molar-refractivity contribution in [3.63, 3.8) is 0 Å². The molecule has 1 unspecified atom stereocenters. The molecule has 0 aliphatic heterocycles. The molecule has 1 atom stereocenters. The molecule has 0 N–H and O–H groups in total. The van der Waals surface area contributed by atoms with Gasteiger partial charge in [-0.2, -0.15) is 16.1 Å². The van der Waals surface area contributed by atoms with Gasteiger partial charge in [-0.15, -0.1) is 0 Å². The van der Waals surface area contributed by atoms with Crippen LogP contribution in [0.3, 0.4) is 0 Å². The standard InChI is InChI=1S/C12H17Br2NO2S2/c1-4-10(8-18-3)15(2)19(16,17)12-7-9(13)5-6-11(12)14/h5-7,10H,4,8H2,1-3H3. The van der Waals surface area contributed by atoms with Crippen molar-refractivity contribution in [2.75, 3.05) is 19.1 Å². The third-order valence-electron chi connectivity index (χ3n) is 2.89. The molecule has 1 aromatic rings. The SMILES string of the molecule is CCC(CSC)N(C)S(=O)(=O)c1cc(Br)ccc1Br. The Labute approximate surface area is 136 Å². The molecule has 3 nitrogen and oxygen atoms in total. The zero-order valence-electron chi connectivity index (χ0n) is 11.1. The smallest absolute Gasteiger partial charge is 0.207 e. The largest absolute Gasteiger partial charge is 0.244 e. The summed E-state index contributed by atoms with van der Waals surface area (Å²) in [5.74, 6) is 0.790. The first-order chi connectivity index (χ1) is 8.84. The fourth-order valence-electron chi connectivity index (χ4n) is 1.70. The molecule has 0 aliphatic carbocycles. The molecule has 0 aliphatic rings. The molecule has 1 aromatic carbocycles. The van der Waals surface area contributed by atoms with Crippen LogP contribution in [-0.2, 0) is 10.0 Å². The Morgan fingerprint density at radius 2 is 2.00 bits per heavy atom. The number of nitrogens with zero attached hydrogens (tertiary/aromatic N) is 1. The Morgan fingerprint density at radius 1 is 1.37 bits per heavy atom. The maximum absolute atomic E-state index is 12.6. The number of halogens is 2. The normalized spacial score (nSPS) is 13.8. The van der Waals surface area contributed by atoms with Crippen LogP contribution in [0.5, 0.6) is 0 Å². The molecule has 1 rings (SSSR count). The highest BCUT2D eigenvalue weighted by Crippen LogP contribution is 2.29. The van der Waals surface area contributed by atoms with E-state index in [1.54, 1.807) is 30.9 Å². The molecule has 0 fully saturated rings. The van der Waals surface area contributed by atoms with Crippen molar-refractivity contribution in [2.24, 2.45) is 0 Å². The van der Waals surface area contributed by atoms with Gasteiger partial charge in [0, 0.05) is 27.8 Å². The van der Waals surface area contributed by atoms with Crippen LogP contribution in [0.2, 0.25) is 0 Å². The van der Waals surface area contributed by atoms with E-state index in [0.29, 0.717) is 9.37 Å². The average Bonchev–Trinajstić information content (AvgIpc) is 2.37. The summed E-state index contributed by atoms with van der Waals surface area (Å²) in [6.45, 7) is 2.00. The second kappa shape index (κ2) is 7.45. The maximum atomic E-state index is 12.6. The third-order valence-corrected chi connectivity index (χ3v) is 7.01. The van der Waals surface area contributed by atoms with Crippen LogP contribution in [0, 0.1) is 0 Å². The lowest BCUT2D eigenvalue weighted by Gasteiger charge is -2.26. The van der Waals surface area contributed by atoms with Crippen molar-refractivity contribution in [3.05, 3.63) is 27.1 Å². The van der Waals surface area contributed by atoms with E-state index in [-0.39, 0.29) is 6.04 Å². The first-order valence-corrected chi connectivity index (χ1v) is 10.2. The molecule has 0 heterocycles. The molecular weight excluding hydrogens is 414 g/mol. The van der Waals surface area contributed by atoms with Crippen LogP contribution in [0.1, 0.15) is 13.3 Å². The molecule has 0 saturated heterocycles. The summed E-state index contributed by atoms with van der Waals surface area (Å²) >= 11 is 8.28. The highest BCUT2D eigenvalue weighted by atomic mass is 79.9. The lowest BCUT2D eigenvalue weighted by Crippen LogP contribution is -2.38. The van der Waals surface area contributed by atoms with Gasteiger partial charge in [0.2, 0.25) is 10.0 Å². The van der Waals surface area contributed by atoms with Crippen LogP contribution in [0.4, 0.5) is 0 Å². The summed E-state index contributed by atoms with van der Waals surface area (Å²) in [7, 11) is -1.84. The van der Waals surface area contributed by atoms with Gasteiger partial charge in [-0.25, -0.2) is 8.42 Å². The lowest BCUT2D eigenvalue weighted by molar-refractivity contribution is 0.385. The van der Waals surface area contributed by atoms with Crippen molar-refractivity contribution in [1.29, 1.82) is 0 Å². The summed E-state index contributed by atoms with van der Waals surface area (Å²) in [6.07, 6.45) is 2.78. The zero-order chi connectivity index (χ0) is 14.6. The van der Waals surface area contributed by atoms with E-state index < -0.39 is 10.0 Å². The van der Waals surface area contributed by atoms with E-state index >= 15 is 0 Å². The minimum atomic E-state index is -3.48. The van der Waals surface area contributed by atoms with Gasteiger partial charge in [-0.1, -0.05) is 22.9 Å². The second-order valence-electron chi connectivity index (χ2n) is 4.11. The molecule has 0 amide bonds. The van der Waals surface area contributed by atoms with Crippen LogP contribution in [0.15, 0.2) is 32.0 Å². The Bertz CT molecular complexity index is 535. The van der Waals surface area contributed by atoms with Gasteiger partial charge in [-0.05, 0) is 46.8 Å². The van der Waals surface area contributed by atoms with E-state index in [0.717, 1.165) is 16.6 Å². The molecule has 0 bridgehead atoms. The Balaban J connectivity index is 3.19. The number of thioether (sulfide) groups is 1. The summed E-state index contributed by atoms with van der Waals surface area (Å²) in [6, 6.07) is 5.18. The van der Waals surface area contributed by atoms with Crippen molar-refractivity contribution < 1.29 is 8.42 Å². The highest BCUT2D eigenvalue weighted by Gasteiger charge is 2.28. The Hall–Kier alpha value is 0.440. The summed E-state index contributed by atoms with van der Waals surface area (Å²) in [5.41, 5.74) is 0. The van der Waals surface area contributed by atoms with Crippen LogP contribution in [-0.4, -0.2) is 37.8 Å². The molecule has 0 spiro atoms. The van der Waals surface area contributed by atoms with Gasteiger partial charge >= 0.3 is 0 Å². The van der Waals surface area contributed by atoms with E-state index in [9.17, 15) is 8.42 Å². The van der Waals surface area contributed by atoms with Crippen LogP contribution < -0.4 is 0 Å². The minimum Gasteiger partial charge on any atom is -0.207 e. The third kappa shape index (κ3) is 4.20. The second-order valence-corrected chi connectivity index (χ2v) is 8.76. The predicted molar refractivity (Wildman–Crippen MR) is 89.3 cm³/mol. The van der Waals surface area contributed by atoms with Crippen LogP contribution >= 0.6 is 43.6 Å². The molecule has 0 saturated carbocycles. The van der Waals surface area contributed by atoms with Crippen molar-refractivity contribution >= 4 is 53.6 Å². The molecule has 19 heavy (non-hydrogen) atoms. The van der Waals surface area contributed by atoms with Crippen LogP contribution in [0.25, 0.3) is 0 Å². The maximum Gasteiger partial charge on any atom is 0.244 e. The van der Waals surface area contributed by atoms with Gasteiger partial charge in [0.1, 0.15) is 0 Å². The molecule has 0 radical (unpaired) electrons. The first-order valence-electron chi connectivity index (χ1n) is 5.76. The summed E-state index contributed by atoms with van der Waals surface area (Å²) in [5, 5.41) is 0.